The molecule has 6 aliphatic heterocycles. The average molecular weight is 1070 g/mol. The maximum atomic E-state index is 11.9. The number of carbonyl (C=O) groups is 1. The van der Waals surface area contributed by atoms with Crippen LogP contribution in [0.3, 0.4) is 0 Å². The highest BCUT2D eigenvalue weighted by molar-refractivity contribution is 5.67. The molecule has 0 aliphatic carbocycles. The van der Waals surface area contributed by atoms with Gasteiger partial charge in [-0.05, 0) is 66.2 Å². The zero-order valence-electron chi connectivity index (χ0n) is 43.7. The molecule has 27 atom stereocenters. The smallest absolute Gasteiger partial charge is 0.305 e. The van der Waals surface area contributed by atoms with Crippen molar-refractivity contribution >= 4 is 5.97 Å². The van der Waals surface area contributed by atoms with E-state index in [9.17, 15) is 50.8 Å². The molecule has 23 nitrogen and oxygen atoms in total. The standard InChI is InChI=1S/C50H88O23.8H2/c1-9-10-11-14-30(15-12-13-29(51)17-37(56)57)68-50-48(44(60)43(59)36(70-50)22-62-49-34(55)18-35(24(3)67-49)69-39-19-31(52)42(58)25(4)63-39)73-41-21-33(54)47(28(7)66-41)72-38-16-23(2)45(26(5)64-38)71-40-20-32(53)46(61-8)27(6)65-40;;;;;;;;/h23-36,38-55,58-60H,9-22H2,1-8H3,(H,56,57);8*1H. The lowest BCUT2D eigenvalue weighted by Gasteiger charge is -2.47. The van der Waals surface area contributed by atoms with Crippen LogP contribution in [0.1, 0.15) is 143 Å². The van der Waals surface area contributed by atoms with E-state index in [-0.39, 0.29) is 68.2 Å². The van der Waals surface area contributed by atoms with Gasteiger partial charge in [-0.2, -0.15) is 0 Å². The van der Waals surface area contributed by atoms with Gasteiger partial charge in [-0.3, -0.25) is 4.79 Å². The summed E-state index contributed by atoms with van der Waals surface area (Å²) in [7, 11) is 1.53. The summed E-state index contributed by atoms with van der Waals surface area (Å²) in [5.41, 5.74) is 0. The second kappa shape index (κ2) is 28.5. The number of carboxylic acid groups (broad SMARTS) is 1. The number of aliphatic carboxylic acids is 1. The van der Waals surface area contributed by atoms with E-state index in [1.165, 1.54) is 7.11 Å². The van der Waals surface area contributed by atoms with Gasteiger partial charge in [-0.1, -0.05) is 33.1 Å². The molecule has 0 aromatic heterocycles. The fraction of sp³-hybridized carbons (Fsp3) is 0.980. The van der Waals surface area contributed by atoms with Crippen molar-refractivity contribution in [2.24, 2.45) is 5.92 Å². The van der Waals surface area contributed by atoms with E-state index in [1.54, 1.807) is 20.8 Å². The number of rotatable bonds is 24. The molecule has 6 aliphatic rings. The number of methoxy groups -OCH3 is 1. The average Bonchev–Trinajstić information content (AvgIpc) is 3.31. The molecule has 23 heteroatoms. The van der Waals surface area contributed by atoms with Gasteiger partial charge in [0.2, 0.25) is 0 Å². The molecular weight excluding hydrogens is 969 g/mol. The Labute approximate surface area is 440 Å². The van der Waals surface area contributed by atoms with Crippen LogP contribution in [-0.2, 0) is 66.4 Å². The van der Waals surface area contributed by atoms with Crippen molar-refractivity contribution in [3.63, 3.8) is 0 Å². The highest BCUT2D eigenvalue weighted by Crippen LogP contribution is 2.37. The summed E-state index contributed by atoms with van der Waals surface area (Å²) in [5.74, 6) is -1.17. The molecule has 0 radical (unpaired) electrons. The number of hydrogen-bond donors (Lipinski definition) is 9. The van der Waals surface area contributed by atoms with Gasteiger partial charge >= 0.3 is 5.97 Å². The van der Waals surface area contributed by atoms with Crippen LogP contribution in [0.5, 0.6) is 0 Å². The van der Waals surface area contributed by atoms with Gasteiger partial charge in [-0.15, -0.1) is 0 Å². The molecule has 442 valence electrons. The first-order valence-electron chi connectivity index (χ1n) is 26.7. The van der Waals surface area contributed by atoms with Crippen molar-refractivity contribution in [2.45, 2.75) is 292 Å². The molecule has 6 saturated heterocycles. The number of hydrogen-bond acceptors (Lipinski definition) is 22. The zero-order valence-corrected chi connectivity index (χ0v) is 43.7. The monoisotopic (exact) mass is 1070 g/mol. The van der Waals surface area contributed by atoms with Crippen LogP contribution in [0.15, 0.2) is 0 Å². The molecule has 0 amide bonds. The minimum absolute atomic E-state index is 0. The van der Waals surface area contributed by atoms with Crippen LogP contribution in [-0.4, -0.2) is 225 Å². The number of carboxylic acids is 1. The van der Waals surface area contributed by atoms with E-state index < -0.39 is 160 Å². The second-order valence-corrected chi connectivity index (χ2v) is 21.2. The Kier molecular flexibility index (Phi) is 23.8. The van der Waals surface area contributed by atoms with Gasteiger partial charge in [0, 0.05) is 50.6 Å². The van der Waals surface area contributed by atoms with Gasteiger partial charge in [0.15, 0.2) is 37.7 Å². The third kappa shape index (κ3) is 16.8. The van der Waals surface area contributed by atoms with E-state index in [1.807, 2.05) is 20.8 Å². The minimum Gasteiger partial charge on any atom is -0.481 e. The molecule has 73 heavy (non-hydrogen) atoms. The quantitative estimate of drug-likeness (QED) is 0.0627. The van der Waals surface area contributed by atoms with E-state index in [4.69, 9.17) is 61.6 Å². The molecule has 9 N–H and O–H groups in total. The van der Waals surface area contributed by atoms with Crippen molar-refractivity contribution in [2.75, 3.05) is 13.7 Å². The predicted octanol–water partition coefficient (Wildman–Crippen LogP) is 3.06. The molecule has 0 spiro atoms. The highest BCUT2D eigenvalue weighted by Gasteiger charge is 2.51. The lowest BCUT2D eigenvalue weighted by atomic mass is 9.93. The first-order valence-corrected chi connectivity index (χ1v) is 26.7. The Morgan fingerprint density at radius 1 is 0.562 bits per heavy atom. The van der Waals surface area contributed by atoms with Gasteiger partial charge in [0.1, 0.15) is 48.8 Å². The van der Waals surface area contributed by atoms with Gasteiger partial charge in [0.25, 0.3) is 0 Å². The van der Waals surface area contributed by atoms with Crippen LogP contribution in [0, 0.1) is 5.92 Å². The number of aliphatic hydroxyl groups excluding tert-OH is 8. The lowest BCUT2D eigenvalue weighted by Crippen LogP contribution is -2.62. The van der Waals surface area contributed by atoms with Crippen molar-refractivity contribution in [3.8, 4) is 0 Å². The van der Waals surface area contributed by atoms with E-state index in [0.717, 1.165) is 19.3 Å². The van der Waals surface area contributed by atoms with E-state index in [0.29, 0.717) is 25.7 Å². The fourth-order valence-electron chi connectivity index (χ4n) is 10.9. The maximum Gasteiger partial charge on any atom is 0.305 e. The zero-order chi connectivity index (χ0) is 53.3. The molecule has 0 aromatic carbocycles. The molecule has 0 saturated carbocycles. The molecule has 6 heterocycles. The maximum absolute atomic E-state index is 11.9. The Balaban J connectivity index is -0.00000760. The van der Waals surface area contributed by atoms with E-state index in [2.05, 4.69) is 6.92 Å². The normalized spacial score (nSPS) is 45.7. The van der Waals surface area contributed by atoms with Crippen LogP contribution >= 0.6 is 0 Å². The fourth-order valence-corrected chi connectivity index (χ4v) is 10.9. The van der Waals surface area contributed by atoms with Crippen molar-refractivity contribution in [1.29, 1.82) is 0 Å². The third-order valence-electron chi connectivity index (χ3n) is 15.1. The first-order chi connectivity index (χ1) is 34.6. The summed E-state index contributed by atoms with van der Waals surface area (Å²) in [5, 5.41) is 96.6. The van der Waals surface area contributed by atoms with Crippen LogP contribution in [0.25, 0.3) is 0 Å². The Morgan fingerprint density at radius 2 is 1.12 bits per heavy atom. The predicted molar refractivity (Wildman–Crippen MR) is 269 cm³/mol. The molecular formula is C50H104O23. The van der Waals surface area contributed by atoms with Gasteiger partial charge in [0.05, 0.1) is 86.3 Å². The van der Waals surface area contributed by atoms with Gasteiger partial charge in [-0.25, -0.2) is 0 Å². The molecule has 6 fully saturated rings. The lowest BCUT2D eigenvalue weighted by molar-refractivity contribution is -0.368. The minimum atomic E-state index is -1.65. The molecule has 0 bridgehead atoms. The Bertz CT molecular complexity index is 1610. The second-order valence-electron chi connectivity index (χ2n) is 21.2. The SMILES string of the molecule is CCCCCC(CCCC(O)CC(=O)O)OC1OC(COC2OC(C)C(OC3CC(O)C(O)C(C)O3)CC2O)C(O)C(O)C1OC1CC(O)C(OC2CC(C)C(OC3CC(O)C(OC)C(C)O3)C(C)O2)C(C)O1.[HH].[HH].[HH].[HH].[HH].[HH].[HH].[HH]. The summed E-state index contributed by atoms with van der Waals surface area (Å²) in [6.07, 6.45) is -19.3. The van der Waals surface area contributed by atoms with E-state index >= 15 is 0 Å². The topological polar surface area (TPSA) is 319 Å². The Morgan fingerprint density at radius 3 is 1.73 bits per heavy atom. The largest absolute Gasteiger partial charge is 0.481 e. The molecule has 6 rings (SSSR count). The molecule has 27 unspecified atom stereocenters. The summed E-state index contributed by atoms with van der Waals surface area (Å²) < 4.78 is 79.8. The van der Waals surface area contributed by atoms with Gasteiger partial charge < -0.3 is 108 Å². The Hall–Kier alpha value is -1.37. The van der Waals surface area contributed by atoms with Crippen LogP contribution in [0.4, 0.5) is 0 Å². The summed E-state index contributed by atoms with van der Waals surface area (Å²) >= 11 is 0. The van der Waals surface area contributed by atoms with Crippen molar-refractivity contribution in [1.82, 2.24) is 0 Å². The third-order valence-corrected chi connectivity index (χ3v) is 15.1. The number of unbranched alkanes of at least 4 members (excludes halogenated alkanes) is 2. The van der Waals surface area contributed by atoms with Crippen LogP contribution < -0.4 is 0 Å². The summed E-state index contributed by atoms with van der Waals surface area (Å²) in [6, 6.07) is 0. The summed E-state index contributed by atoms with van der Waals surface area (Å²) in [4.78, 5) is 11.2. The highest BCUT2D eigenvalue weighted by atomic mass is 16.8. The first kappa shape index (κ1) is 60.9. The van der Waals surface area contributed by atoms with Crippen molar-refractivity contribution < 1.29 is 124 Å². The number of ether oxygens (including phenoxy) is 13. The van der Waals surface area contributed by atoms with Crippen LogP contribution in [0.2, 0.25) is 0 Å². The van der Waals surface area contributed by atoms with Crippen molar-refractivity contribution in [3.05, 3.63) is 0 Å². The number of aliphatic hydroxyl groups is 8. The molecule has 0 aromatic rings. The summed E-state index contributed by atoms with van der Waals surface area (Å²) in [6.45, 7) is 12.5.